The molecule has 0 aliphatic heterocycles. The summed E-state index contributed by atoms with van der Waals surface area (Å²) < 4.78 is 5.18. The van der Waals surface area contributed by atoms with Gasteiger partial charge in [-0.05, 0) is 53.5 Å². The smallest absolute Gasteiger partial charge is 0.287 e. The summed E-state index contributed by atoms with van der Waals surface area (Å²) in [4.78, 5) is 18.7. The summed E-state index contributed by atoms with van der Waals surface area (Å²) in [5, 5.41) is 9.48. The molecule has 0 saturated carbocycles. The van der Waals surface area contributed by atoms with Crippen LogP contribution in [-0.2, 0) is 0 Å². The first-order valence-electron chi connectivity index (χ1n) is 9.89. The van der Waals surface area contributed by atoms with Crippen LogP contribution in [0.1, 0.15) is 56.7 Å². The number of amides is 1. The SMILES string of the molecule is CN=C(NCCCNC(=O)c1occc1C)NCCCN(C(C)C)C(C)C.I. The first kappa shape index (κ1) is 26.7. The predicted octanol–water partition coefficient (Wildman–Crippen LogP) is 3.00. The van der Waals surface area contributed by atoms with Crippen molar-refractivity contribution in [2.24, 2.45) is 4.99 Å². The summed E-state index contributed by atoms with van der Waals surface area (Å²) in [6.07, 6.45) is 3.40. The molecule has 0 aromatic carbocycles. The largest absolute Gasteiger partial charge is 0.459 e. The molecule has 1 amide bonds. The second-order valence-corrected chi connectivity index (χ2v) is 7.25. The molecule has 8 heteroatoms. The van der Waals surface area contributed by atoms with Crippen molar-refractivity contribution >= 4 is 35.8 Å². The van der Waals surface area contributed by atoms with Crippen molar-refractivity contribution in [3.63, 3.8) is 0 Å². The molecule has 1 rings (SSSR count). The second kappa shape index (κ2) is 14.7. The zero-order chi connectivity index (χ0) is 20.2. The van der Waals surface area contributed by atoms with Crippen LogP contribution in [0.5, 0.6) is 0 Å². The lowest BCUT2D eigenvalue weighted by atomic mass is 10.2. The van der Waals surface area contributed by atoms with Gasteiger partial charge in [0.15, 0.2) is 11.7 Å². The lowest BCUT2D eigenvalue weighted by Gasteiger charge is -2.30. The molecule has 0 spiro atoms. The average molecular weight is 507 g/mol. The number of nitrogens with zero attached hydrogens (tertiary/aromatic N) is 2. The Morgan fingerprint density at radius 3 is 2.14 bits per heavy atom. The number of aryl methyl sites for hydroxylation is 1. The molecule has 1 aromatic rings. The van der Waals surface area contributed by atoms with Crippen LogP contribution in [-0.4, -0.2) is 62.1 Å². The fourth-order valence-electron chi connectivity index (χ4n) is 2.98. The molecule has 0 fully saturated rings. The standard InChI is InChI=1S/C20H37N5O2.HI/c1-15(2)25(16(3)4)13-8-12-24-20(21-6)23-11-7-10-22-19(26)18-17(5)9-14-27-18;/h9,14-16H,7-8,10-13H2,1-6H3,(H,22,26)(H2,21,23,24);1H. The Kier molecular flexibility index (Phi) is 14.0. The van der Waals surface area contributed by atoms with E-state index in [2.05, 4.69) is 53.5 Å². The Bertz CT molecular complexity index is 579. The second-order valence-electron chi connectivity index (χ2n) is 7.25. The van der Waals surface area contributed by atoms with Gasteiger partial charge in [-0.2, -0.15) is 0 Å². The number of nitrogens with one attached hydrogen (secondary N) is 3. The van der Waals surface area contributed by atoms with Gasteiger partial charge in [-0.3, -0.25) is 14.7 Å². The van der Waals surface area contributed by atoms with E-state index in [9.17, 15) is 4.79 Å². The molecular formula is C20H38IN5O2. The zero-order valence-electron chi connectivity index (χ0n) is 18.2. The summed E-state index contributed by atoms with van der Waals surface area (Å²) in [7, 11) is 1.77. The molecule has 3 N–H and O–H groups in total. The van der Waals surface area contributed by atoms with Gasteiger partial charge in [-0.1, -0.05) is 0 Å². The van der Waals surface area contributed by atoms with Crippen molar-refractivity contribution < 1.29 is 9.21 Å². The number of guanidine groups is 1. The van der Waals surface area contributed by atoms with E-state index in [0.29, 0.717) is 24.4 Å². The number of rotatable bonds is 11. The summed E-state index contributed by atoms with van der Waals surface area (Å²) in [5.41, 5.74) is 0.851. The molecule has 1 heterocycles. The fraction of sp³-hybridized carbons (Fsp3) is 0.700. The van der Waals surface area contributed by atoms with Crippen LogP contribution in [0.2, 0.25) is 0 Å². The molecule has 0 aliphatic carbocycles. The van der Waals surface area contributed by atoms with E-state index in [1.165, 1.54) is 6.26 Å². The Hall–Kier alpha value is -1.29. The van der Waals surface area contributed by atoms with Crippen molar-refractivity contribution in [3.8, 4) is 0 Å². The van der Waals surface area contributed by atoms with Crippen LogP contribution in [0.15, 0.2) is 21.7 Å². The monoisotopic (exact) mass is 507 g/mol. The summed E-state index contributed by atoms with van der Waals surface area (Å²) >= 11 is 0. The van der Waals surface area contributed by atoms with Gasteiger partial charge < -0.3 is 20.4 Å². The van der Waals surface area contributed by atoms with Gasteiger partial charge in [0.1, 0.15) is 0 Å². The summed E-state index contributed by atoms with van der Waals surface area (Å²) in [6.45, 7) is 14.1. The molecule has 0 aliphatic rings. The molecule has 0 saturated heterocycles. The van der Waals surface area contributed by atoms with Crippen LogP contribution in [0.3, 0.4) is 0 Å². The molecule has 0 unspecified atom stereocenters. The highest BCUT2D eigenvalue weighted by atomic mass is 127. The minimum atomic E-state index is -0.167. The van der Waals surface area contributed by atoms with Crippen LogP contribution in [0.25, 0.3) is 0 Å². The highest BCUT2D eigenvalue weighted by Crippen LogP contribution is 2.08. The maximum atomic E-state index is 11.9. The van der Waals surface area contributed by atoms with Crippen LogP contribution in [0.4, 0.5) is 0 Å². The van der Waals surface area contributed by atoms with Gasteiger partial charge in [0.25, 0.3) is 5.91 Å². The number of hydrogen-bond donors (Lipinski definition) is 3. The number of carbonyl (C=O) groups is 1. The number of halogens is 1. The Morgan fingerprint density at radius 1 is 1.07 bits per heavy atom. The van der Waals surface area contributed by atoms with Crippen LogP contribution < -0.4 is 16.0 Å². The first-order valence-corrected chi connectivity index (χ1v) is 9.89. The van der Waals surface area contributed by atoms with E-state index >= 15 is 0 Å². The van der Waals surface area contributed by atoms with Gasteiger partial charge in [-0.15, -0.1) is 24.0 Å². The summed E-state index contributed by atoms with van der Waals surface area (Å²) in [5.74, 6) is 1.01. The Labute approximate surface area is 187 Å². The summed E-state index contributed by atoms with van der Waals surface area (Å²) in [6, 6.07) is 2.90. The molecule has 0 atom stereocenters. The lowest BCUT2D eigenvalue weighted by Crippen LogP contribution is -2.41. The van der Waals surface area contributed by atoms with E-state index < -0.39 is 0 Å². The van der Waals surface area contributed by atoms with E-state index in [0.717, 1.165) is 44.0 Å². The quantitative estimate of drug-likeness (QED) is 0.186. The van der Waals surface area contributed by atoms with E-state index in [-0.39, 0.29) is 29.9 Å². The van der Waals surface area contributed by atoms with Gasteiger partial charge in [0.05, 0.1) is 6.26 Å². The Balaban J connectivity index is 0.00000729. The third-order valence-corrected chi connectivity index (χ3v) is 4.44. The fourth-order valence-corrected chi connectivity index (χ4v) is 2.98. The molecule has 7 nitrogen and oxygen atoms in total. The molecular weight excluding hydrogens is 469 g/mol. The Morgan fingerprint density at radius 2 is 1.64 bits per heavy atom. The molecule has 162 valence electrons. The van der Waals surface area contributed by atoms with Crippen molar-refractivity contribution in [3.05, 3.63) is 23.7 Å². The van der Waals surface area contributed by atoms with Gasteiger partial charge in [0.2, 0.25) is 0 Å². The average Bonchev–Trinajstić information content (AvgIpc) is 3.04. The third kappa shape index (κ3) is 9.77. The van der Waals surface area contributed by atoms with Gasteiger partial charge in [-0.25, -0.2) is 0 Å². The number of carbonyl (C=O) groups excluding carboxylic acids is 1. The van der Waals surface area contributed by atoms with Crippen molar-refractivity contribution in [1.82, 2.24) is 20.9 Å². The van der Waals surface area contributed by atoms with Crippen LogP contribution in [0, 0.1) is 6.92 Å². The maximum absolute atomic E-state index is 11.9. The zero-order valence-corrected chi connectivity index (χ0v) is 20.5. The molecule has 1 aromatic heterocycles. The van der Waals surface area contributed by atoms with E-state index in [1.807, 2.05) is 6.92 Å². The minimum absolute atomic E-state index is 0. The number of hydrogen-bond acceptors (Lipinski definition) is 4. The predicted molar refractivity (Wildman–Crippen MR) is 127 cm³/mol. The van der Waals surface area contributed by atoms with Crippen molar-refractivity contribution in [1.29, 1.82) is 0 Å². The van der Waals surface area contributed by atoms with Crippen molar-refractivity contribution in [2.75, 3.05) is 33.2 Å². The van der Waals surface area contributed by atoms with Crippen molar-refractivity contribution in [2.45, 2.75) is 59.5 Å². The van der Waals surface area contributed by atoms with Gasteiger partial charge >= 0.3 is 0 Å². The lowest BCUT2D eigenvalue weighted by molar-refractivity contribution is 0.0925. The molecule has 28 heavy (non-hydrogen) atoms. The van der Waals surface area contributed by atoms with E-state index in [1.54, 1.807) is 13.1 Å². The first-order chi connectivity index (χ1) is 12.9. The molecule has 0 radical (unpaired) electrons. The normalized spacial score (nSPS) is 11.7. The number of aliphatic imine (C=N–C) groups is 1. The minimum Gasteiger partial charge on any atom is -0.459 e. The topological polar surface area (TPSA) is 81.9 Å². The van der Waals surface area contributed by atoms with E-state index in [4.69, 9.17) is 4.42 Å². The van der Waals surface area contributed by atoms with Crippen LogP contribution >= 0.6 is 24.0 Å². The third-order valence-electron chi connectivity index (χ3n) is 4.44. The van der Waals surface area contributed by atoms with Gasteiger partial charge in [0, 0.05) is 50.9 Å². The maximum Gasteiger partial charge on any atom is 0.287 e. The molecule has 0 bridgehead atoms. The highest BCUT2D eigenvalue weighted by molar-refractivity contribution is 14.0. The highest BCUT2D eigenvalue weighted by Gasteiger charge is 2.13. The number of furan rings is 1.